The number of allylic oxidation sites excluding steroid dienone is 1. The zero-order chi connectivity index (χ0) is 23.8. The molecule has 2 aliphatic carbocycles. The Kier molecular flexibility index (Phi) is 9.30. The summed E-state index contributed by atoms with van der Waals surface area (Å²) in [7, 11) is 3.53. The normalized spacial score (nSPS) is 21.0. The van der Waals surface area contributed by atoms with Gasteiger partial charge in [-0.15, -0.1) is 11.3 Å². The summed E-state index contributed by atoms with van der Waals surface area (Å²) < 4.78 is 5.01. The molecule has 0 aliphatic heterocycles. The molecule has 0 bridgehead atoms. The molecule has 1 aromatic carbocycles. The zero-order valence-electron chi connectivity index (χ0n) is 20.2. The van der Waals surface area contributed by atoms with Crippen LogP contribution in [-0.2, 0) is 9.53 Å². The van der Waals surface area contributed by atoms with Gasteiger partial charge in [0.1, 0.15) is 11.2 Å². The first-order valence-electron chi connectivity index (χ1n) is 12.0. The average molecular weight is 468 g/mol. The van der Waals surface area contributed by atoms with Crippen molar-refractivity contribution in [3.05, 3.63) is 53.4 Å². The van der Waals surface area contributed by atoms with Gasteiger partial charge in [0, 0.05) is 23.9 Å². The van der Waals surface area contributed by atoms with E-state index in [9.17, 15) is 9.59 Å². The molecule has 2 saturated carbocycles. The molecule has 0 spiro atoms. The molecule has 0 saturated heterocycles. The first-order valence-corrected chi connectivity index (χ1v) is 12.9. The van der Waals surface area contributed by atoms with Crippen LogP contribution in [0.2, 0.25) is 0 Å². The number of esters is 1. The predicted molar refractivity (Wildman–Crippen MR) is 138 cm³/mol. The molecule has 0 N–H and O–H groups in total. The Morgan fingerprint density at radius 2 is 1.73 bits per heavy atom. The molecule has 2 fully saturated rings. The van der Waals surface area contributed by atoms with E-state index in [4.69, 9.17) is 4.74 Å². The van der Waals surface area contributed by atoms with Crippen LogP contribution >= 0.6 is 11.3 Å². The van der Waals surface area contributed by atoms with Gasteiger partial charge in [-0.3, -0.25) is 0 Å². The lowest BCUT2D eigenvalue weighted by atomic mass is 9.84. The molecular formula is C28H37NO3S. The number of hydrogen-bond acceptors (Lipinski definition) is 5. The lowest BCUT2D eigenvalue weighted by Crippen LogP contribution is -2.34. The van der Waals surface area contributed by atoms with E-state index in [1.165, 1.54) is 36.9 Å². The molecule has 0 unspecified atom stereocenters. The summed E-state index contributed by atoms with van der Waals surface area (Å²) in [5, 5.41) is 0. The first-order chi connectivity index (χ1) is 15.9. The lowest BCUT2D eigenvalue weighted by molar-refractivity contribution is -0.112. The topological polar surface area (TPSA) is 46.6 Å². The highest BCUT2D eigenvalue weighted by Crippen LogP contribution is 2.39. The molecule has 0 atom stereocenters. The average Bonchev–Trinajstić information content (AvgIpc) is 3.31. The van der Waals surface area contributed by atoms with Crippen molar-refractivity contribution >= 4 is 29.3 Å². The van der Waals surface area contributed by atoms with Gasteiger partial charge in [-0.1, -0.05) is 62.2 Å². The molecule has 4 nitrogen and oxygen atoms in total. The van der Waals surface area contributed by atoms with Crippen LogP contribution in [0.4, 0.5) is 5.69 Å². The maximum atomic E-state index is 12.3. The van der Waals surface area contributed by atoms with Crippen molar-refractivity contribution in [2.24, 2.45) is 11.8 Å². The Morgan fingerprint density at radius 1 is 1.09 bits per heavy atom. The first kappa shape index (κ1) is 25.2. The third-order valence-corrected chi connectivity index (χ3v) is 8.14. The smallest absolute Gasteiger partial charge is 0.350 e. The predicted octanol–water partition coefficient (Wildman–Crippen LogP) is 7.15. The van der Waals surface area contributed by atoms with Crippen molar-refractivity contribution in [3.63, 3.8) is 0 Å². The minimum absolute atomic E-state index is 0.260. The van der Waals surface area contributed by atoms with Gasteiger partial charge in [0.15, 0.2) is 0 Å². The van der Waals surface area contributed by atoms with E-state index in [1.807, 2.05) is 18.2 Å². The Hall–Kier alpha value is -2.40. The number of thiophene rings is 1. The standard InChI is InChI=1S/C20H23NO2S.C8H14O/c1-14-9-11-16(12-10-14)21(2)17-13-18(15-7-5-4-6-8-15)24-19(17)20(22)23-3;1-7-2-4-8(6-9)5-3-7/h4-8,13,16H,1,9-12H2,2-3H3;6-8H,2-5H2,1H3. The largest absolute Gasteiger partial charge is 0.465 e. The van der Waals surface area contributed by atoms with E-state index in [-0.39, 0.29) is 5.97 Å². The van der Waals surface area contributed by atoms with Crippen LogP contribution in [0.1, 0.15) is 68.0 Å². The summed E-state index contributed by atoms with van der Waals surface area (Å²) in [5.41, 5.74) is 3.44. The van der Waals surface area contributed by atoms with E-state index < -0.39 is 0 Å². The van der Waals surface area contributed by atoms with E-state index in [0.29, 0.717) is 16.8 Å². The third kappa shape index (κ3) is 6.80. The van der Waals surface area contributed by atoms with Crippen molar-refractivity contribution in [2.45, 2.75) is 64.3 Å². The van der Waals surface area contributed by atoms with Gasteiger partial charge < -0.3 is 14.4 Å². The second kappa shape index (κ2) is 12.2. The van der Waals surface area contributed by atoms with Crippen molar-refractivity contribution in [1.29, 1.82) is 0 Å². The van der Waals surface area contributed by atoms with E-state index >= 15 is 0 Å². The number of methoxy groups -OCH3 is 1. The fourth-order valence-corrected chi connectivity index (χ4v) is 5.76. The Labute approximate surface area is 202 Å². The van der Waals surface area contributed by atoms with Crippen LogP contribution in [0.3, 0.4) is 0 Å². The Balaban J connectivity index is 0.000000286. The lowest BCUT2D eigenvalue weighted by Gasteiger charge is -2.33. The Morgan fingerprint density at radius 3 is 2.30 bits per heavy atom. The van der Waals surface area contributed by atoms with Crippen LogP contribution in [0.5, 0.6) is 0 Å². The fraction of sp³-hybridized carbons (Fsp3) is 0.500. The number of benzene rings is 1. The molecule has 1 heterocycles. The maximum Gasteiger partial charge on any atom is 0.350 e. The second-order valence-corrected chi connectivity index (χ2v) is 10.5. The number of rotatable bonds is 5. The maximum absolute atomic E-state index is 12.3. The van der Waals surface area contributed by atoms with E-state index in [0.717, 1.165) is 66.9 Å². The van der Waals surface area contributed by atoms with Crippen LogP contribution in [0.25, 0.3) is 10.4 Å². The number of hydrogen-bond donors (Lipinski definition) is 0. The van der Waals surface area contributed by atoms with Gasteiger partial charge in [-0.25, -0.2) is 4.79 Å². The van der Waals surface area contributed by atoms with Crippen molar-refractivity contribution in [1.82, 2.24) is 0 Å². The summed E-state index contributed by atoms with van der Waals surface area (Å²) in [6, 6.07) is 12.7. The molecular weight excluding hydrogens is 430 g/mol. The molecule has 33 heavy (non-hydrogen) atoms. The highest BCUT2D eigenvalue weighted by Gasteiger charge is 2.26. The SMILES string of the molecule is C=C1CCC(N(C)c2cc(-c3ccccc3)sc2C(=O)OC)CC1.CC1CCC(C=O)CC1. The molecule has 2 aromatic rings. The number of nitrogens with zero attached hydrogens (tertiary/aromatic N) is 1. The van der Waals surface area contributed by atoms with Gasteiger partial charge in [0.2, 0.25) is 0 Å². The van der Waals surface area contributed by atoms with Gasteiger partial charge in [0.25, 0.3) is 0 Å². The molecule has 1 aromatic heterocycles. The summed E-state index contributed by atoms with van der Waals surface area (Å²) >= 11 is 1.50. The number of carbonyl (C=O) groups is 2. The minimum atomic E-state index is -0.260. The van der Waals surface area contributed by atoms with Crippen molar-refractivity contribution < 1.29 is 14.3 Å². The van der Waals surface area contributed by atoms with Crippen molar-refractivity contribution in [3.8, 4) is 10.4 Å². The monoisotopic (exact) mass is 467 g/mol. The van der Waals surface area contributed by atoms with Crippen LogP contribution < -0.4 is 4.90 Å². The highest BCUT2D eigenvalue weighted by atomic mass is 32.1. The fourth-order valence-electron chi connectivity index (χ4n) is 4.64. The molecule has 5 heteroatoms. The second-order valence-electron chi connectivity index (χ2n) is 9.43. The van der Waals surface area contributed by atoms with E-state index in [2.05, 4.69) is 43.6 Å². The quantitative estimate of drug-likeness (QED) is 0.266. The van der Waals surface area contributed by atoms with Crippen LogP contribution in [0.15, 0.2) is 48.6 Å². The zero-order valence-corrected chi connectivity index (χ0v) is 21.0. The Bertz CT molecular complexity index is 918. The summed E-state index contributed by atoms with van der Waals surface area (Å²) in [5.74, 6) is 0.992. The van der Waals surface area contributed by atoms with Crippen LogP contribution in [-0.4, -0.2) is 32.5 Å². The van der Waals surface area contributed by atoms with Crippen LogP contribution in [0, 0.1) is 11.8 Å². The number of ether oxygens (including phenoxy) is 1. The van der Waals surface area contributed by atoms with Gasteiger partial charge in [0.05, 0.1) is 12.8 Å². The van der Waals surface area contributed by atoms with Gasteiger partial charge >= 0.3 is 5.97 Å². The minimum Gasteiger partial charge on any atom is -0.465 e. The number of carbonyl (C=O) groups excluding carboxylic acids is 2. The summed E-state index contributed by atoms with van der Waals surface area (Å²) in [6.45, 7) is 6.36. The molecule has 2 aliphatic rings. The van der Waals surface area contributed by atoms with E-state index in [1.54, 1.807) is 0 Å². The number of aldehydes is 1. The summed E-state index contributed by atoms with van der Waals surface area (Å²) in [6.07, 6.45) is 10.2. The molecule has 4 rings (SSSR count). The van der Waals surface area contributed by atoms with Gasteiger partial charge in [-0.05, 0) is 56.1 Å². The highest BCUT2D eigenvalue weighted by molar-refractivity contribution is 7.18. The molecule has 178 valence electrons. The van der Waals surface area contributed by atoms with Crippen molar-refractivity contribution in [2.75, 3.05) is 19.1 Å². The molecule has 0 amide bonds. The van der Waals surface area contributed by atoms with Gasteiger partial charge in [-0.2, -0.15) is 0 Å². The molecule has 0 radical (unpaired) electrons. The number of anilines is 1. The summed E-state index contributed by atoms with van der Waals surface area (Å²) in [4.78, 5) is 26.6. The third-order valence-electron chi connectivity index (χ3n) is 6.98.